The van der Waals surface area contributed by atoms with Gasteiger partial charge in [-0.05, 0) is 30.5 Å². The van der Waals surface area contributed by atoms with Crippen LogP contribution < -0.4 is 5.32 Å². The monoisotopic (exact) mass is 309 g/mol. The van der Waals surface area contributed by atoms with Crippen LogP contribution in [0.25, 0.3) is 0 Å². The lowest BCUT2D eigenvalue weighted by atomic mass is 10.0. The number of carbonyl (C=O) groups excluding carboxylic acids is 1. The van der Waals surface area contributed by atoms with Crippen LogP contribution in [0.15, 0.2) is 23.1 Å². The van der Waals surface area contributed by atoms with Gasteiger partial charge in [-0.1, -0.05) is 6.07 Å². The van der Waals surface area contributed by atoms with Crippen molar-refractivity contribution >= 4 is 21.6 Å². The number of benzene rings is 1. The molecule has 3 rings (SSSR count). The number of fused-ring (bicyclic) bond motifs is 1. The summed E-state index contributed by atoms with van der Waals surface area (Å²) in [5.41, 5.74) is 1.73. The molecule has 1 amide bonds. The van der Waals surface area contributed by atoms with Crippen LogP contribution in [0, 0.1) is 0 Å². The van der Waals surface area contributed by atoms with E-state index < -0.39 is 10.0 Å². The SMILES string of the molecule is CN1CCN(S(=O)(=O)c2cccc3c2CCCN3)CC1=O. The van der Waals surface area contributed by atoms with Gasteiger partial charge in [0.25, 0.3) is 0 Å². The number of nitrogens with zero attached hydrogens (tertiary/aromatic N) is 2. The third-order valence-corrected chi connectivity index (χ3v) is 6.02. The highest BCUT2D eigenvalue weighted by Gasteiger charge is 2.33. The van der Waals surface area contributed by atoms with Gasteiger partial charge in [0.05, 0.1) is 11.4 Å². The predicted octanol–water partition coefficient (Wildman–Crippen LogP) is 0.507. The highest BCUT2D eigenvalue weighted by Crippen LogP contribution is 2.30. The molecule has 6 nitrogen and oxygen atoms in total. The summed E-state index contributed by atoms with van der Waals surface area (Å²) in [6.45, 7) is 1.58. The molecule has 0 spiro atoms. The molecule has 0 bridgehead atoms. The highest BCUT2D eigenvalue weighted by molar-refractivity contribution is 7.89. The normalized spacial score (nSPS) is 20.0. The molecular formula is C14H19N3O3S. The van der Waals surface area contributed by atoms with Gasteiger partial charge in [0.1, 0.15) is 0 Å². The van der Waals surface area contributed by atoms with Crippen molar-refractivity contribution in [1.29, 1.82) is 0 Å². The first kappa shape index (κ1) is 14.3. The number of hydrogen-bond acceptors (Lipinski definition) is 4. The second-order valence-electron chi connectivity index (χ2n) is 5.47. The van der Waals surface area contributed by atoms with Crippen molar-refractivity contribution in [3.63, 3.8) is 0 Å². The molecule has 21 heavy (non-hydrogen) atoms. The zero-order valence-corrected chi connectivity index (χ0v) is 12.8. The standard InChI is InChI=1S/C14H19N3O3S/c1-16-8-9-17(10-14(16)18)21(19,20)13-6-2-5-12-11(13)4-3-7-15-12/h2,5-6,15H,3-4,7-10H2,1H3. The van der Waals surface area contributed by atoms with E-state index in [4.69, 9.17) is 0 Å². The Balaban J connectivity index is 1.97. The van der Waals surface area contributed by atoms with E-state index in [-0.39, 0.29) is 12.5 Å². The molecular weight excluding hydrogens is 290 g/mol. The largest absolute Gasteiger partial charge is 0.385 e. The molecule has 0 aromatic heterocycles. The maximum Gasteiger partial charge on any atom is 0.243 e. The number of carbonyl (C=O) groups is 1. The lowest BCUT2D eigenvalue weighted by Crippen LogP contribution is -2.50. The fraction of sp³-hybridized carbons (Fsp3) is 0.500. The van der Waals surface area contributed by atoms with E-state index in [2.05, 4.69) is 5.32 Å². The molecule has 0 aliphatic carbocycles. The molecule has 1 fully saturated rings. The minimum atomic E-state index is -3.61. The van der Waals surface area contributed by atoms with E-state index in [1.54, 1.807) is 24.1 Å². The summed E-state index contributed by atoms with van der Waals surface area (Å²) in [4.78, 5) is 13.7. The molecule has 7 heteroatoms. The lowest BCUT2D eigenvalue weighted by molar-refractivity contribution is -0.132. The maximum absolute atomic E-state index is 12.8. The van der Waals surface area contributed by atoms with Crippen LogP contribution in [0.5, 0.6) is 0 Å². The van der Waals surface area contributed by atoms with Crippen molar-refractivity contribution in [3.8, 4) is 0 Å². The minimum absolute atomic E-state index is 0.0735. The Hall–Kier alpha value is -1.60. The first-order valence-electron chi connectivity index (χ1n) is 7.10. The van der Waals surface area contributed by atoms with Crippen LogP contribution in [0.2, 0.25) is 0 Å². The first-order valence-corrected chi connectivity index (χ1v) is 8.54. The topological polar surface area (TPSA) is 69.7 Å². The quantitative estimate of drug-likeness (QED) is 0.864. The first-order chi connectivity index (χ1) is 10.00. The molecule has 1 aromatic rings. The average Bonchev–Trinajstić information content (AvgIpc) is 2.49. The van der Waals surface area contributed by atoms with E-state index in [1.807, 2.05) is 6.07 Å². The van der Waals surface area contributed by atoms with Crippen LogP contribution in [-0.4, -0.2) is 56.8 Å². The number of amides is 1. The average molecular weight is 309 g/mol. The van der Waals surface area contributed by atoms with Gasteiger partial charge in [-0.2, -0.15) is 4.31 Å². The molecule has 1 N–H and O–H groups in total. The van der Waals surface area contributed by atoms with Gasteiger partial charge in [-0.25, -0.2) is 8.42 Å². The van der Waals surface area contributed by atoms with Crippen molar-refractivity contribution < 1.29 is 13.2 Å². The zero-order chi connectivity index (χ0) is 15.0. The van der Waals surface area contributed by atoms with Crippen molar-refractivity contribution in [2.75, 3.05) is 38.5 Å². The van der Waals surface area contributed by atoms with Crippen LogP contribution in [0.4, 0.5) is 5.69 Å². The van der Waals surface area contributed by atoms with Gasteiger partial charge in [-0.3, -0.25) is 4.79 Å². The number of nitrogens with one attached hydrogen (secondary N) is 1. The maximum atomic E-state index is 12.8. The second-order valence-corrected chi connectivity index (χ2v) is 7.37. The third kappa shape index (κ3) is 2.51. The van der Waals surface area contributed by atoms with Crippen LogP contribution in [-0.2, 0) is 21.2 Å². The van der Waals surface area contributed by atoms with Crippen molar-refractivity contribution in [2.45, 2.75) is 17.7 Å². The smallest absolute Gasteiger partial charge is 0.243 e. The van der Waals surface area contributed by atoms with Gasteiger partial charge in [0, 0.05) is 32.4 Å². The molecule has 2 heterocycles. The minimum Gasteiger partial charge on any atom is -0.385 e. The Kier molecular flexibility index (Phi) is 3.62. The van der Waals surface area contributed by atoms with E-state index >= 15 is 0 Å². The van der Waals surface area contributed by atoms with Gasteiger partial charge in [0.2, 0.25) is 15.9 Å². The Morgan fingerprint density at radius 1 is 1.24 bits per heavy atom. The second kappa shape index (κ2) is 5.31. The summed E-state index contributed by atoms with van der Waals surface area (Å²) in [6, 6.07) is 5.30. The number of sulfonamides is 1. The Labute approximate surface area is 124 Å². The molecule has 0 radical (unpaired) electrons. The highest BCUT2D eigenvalue weighted by atomic mass is 32.2. The number of piperazine rings is 1. The summed E-state index contributed by atoms with van der Waals surface area (Å²) in [6.07, 6.45) is 1.67. The van der Waals surface area contributed by atoms with Gasteiger partial charge in [-0.15, -0.1) is 0 Å². The van der Waals surface area contributed by atoms with Crippen LogP contribution in [0.1, 0.15) is 12.0 Å². The molecule has 2 aliphatic rings. The van der Waals surface area contributed by atoms with E-state index in [9.17, 15) is 13.2 Å². The third-order valence-electron chi connectivity index (χ3n) is 4.09. The van der Waals surface area contributed by atoms with Crippen molar-refractivity contribution in [2.24, 2.45) is 0 Å². The fourth-order valence-electron chi connectivity index (χ4n) is 2.80. The van der Waals surface area contributed by atoms with E-state index in [0.717, 1.165) is 30.6 Å². The summed E-state index contributed by atoms with van der Waals surface area (Å²) in [5, 5.41) is 3.24. The zero-order valence-electron chi connectivity index (χ0n) is 12.0. The summed E-state index contributed by atoms with van der Waals surface area (Å²) < 4.78 is 27.0. The summed E-state index contributed by atoms with van der Waals surface area (Å²) in [5.74, 6) is -0.159. The number of likely N-dealkylation sites (N-methyl/N-ethyl adjacent to an activating group) is 1. The van der Waals surface area contributed by atoms with E-state index in [1.165, 1.54) is 4.31 Å². The summed E-state index contributed by atoms with van der Waals surface area (Å²) in [7, 11) is -1.92. The number of rotatable bonds is 2. The summed E-state index contributed by atoms with van der Waals surface area (Å²) >= 11 is 0. The molecule has 0 atom stereocenters. The van der Waals surface area contributed by atoms with Crippen LogP contribution in [0.3, 0.4) is 0 Å². The van der Waals surface area contributed by atoms with E-state index in [0.29, 0.717) is 18.0 Å². The number of hydrogen-bond donors (Lipinski definition) is 1. The Bertz CT molecular complexity index is 672. The molecule has 0 saturated carbocycles. The molecule has 114 valence electrons. The Morgan fingerprint density at radius 2 is 2.05 bits per heavy atom. The van der Waals surface area contributed by atoms with Crippen LogP contribution >= 0.6 is 0 Å². The fourth-order valence-corrected chi connectivity index (χ4v) is 4.45. The molecule has 0 unspecified atom stereocenters. The van der Waals surface area contributed by atoms with Gasteiger partial charge in [0.15, 0.2) is 0 Å². The number of anilines is 1. The van der Waals surface area contributed by atoms with Crippen molar-refractivity contribution in [3.05, 3.63) is 23.8 Å². The molecule has 1 saturated heterocycles. The predicted molar refractivity (Wildman–Crippen MR) is 79.6 cm³/mol. The van der Waals surface area contributed by atoms with Gasteiger partial charge >= 0.3 is 0 Å². The van der Waals surface area contributed by atoms with Crippen molar-refractivity contribution in [1.82, 2.24) is 9.21 Å². The Morgan fingerprint density at radius 3 is 2.81 bits per heavy atom. The lowest BCUT2D eigenvalue weighted by Gasteiger charge is -2.32. The van der Waals surface area contributed by atoms with Gasteiger partial charge < -0.3 is 10.2 Å². The molecule has 2 aliphatic heterocycles. The molecule has 1 aromatic carbocycles.